The molecule has 1 heterocycles. The second-order valence-corrected chi connectivity index (χ2v) is 9.18. The maximum absolute atomic E-state index is 13.6. The Hall–Kier alpha value is -0.940. The van der Waals surface area contributed by atoms with Crippen molar-refractivity contribution < 1.29 is 12.8 Å². The summed E-state index contributed by atoms with van der Waals surface area (Å²) in [4.78, 5) is 6.53. The van der Waals surface area contributed by atoms with Gasteiger partial charge < -0.3 is 15.5 Å². The summed E-state index contributed by atoms with van der Waals surface area (Å²) in [6.45, 7) is 3.37. The monoisotopic (exact) mass is 512 g/mol. The zero-order valence-corrected chi connectivity index (χ0v) is 19.3. The van der Waals surface area contributed by atoms with Crippen molar-refractivity contribution in [2.45, 2.75) is 25.1 Å². The molecule has 0 radical (unpaired) electrons. The van der Waals surface area contributed by atoms with Crippen molar-refractivity contribution in [3.05, 3.63) is 35.1 Å². The number of piperidine rings is 1. The SMILES string of the molecule is CN=C(NCc1cc(F)ccc1CS(C)(=O)=O)NCC1CCN(C)CC1.I. The van der Waals surface area contributed by atoms with Crippen LogP contribution < -0.4 is 10.6 Å². The lowest BCUT2D eigenvalue weighted by atomic mass is 9.97. The Labute approximate surface area is 178 Å². The van der Waals surface area contributed by atoms with Crippen LogP contribution in [0.1, 0.15) is 24.0 Å². The van der Waals surface area contributed by atoms with Crippen LogP contribution >= 0.6 is 24.0 Å². The van der Waals surface area contributed by atoms with Crippen LogP contribution in [0.3, 0.4) is 0 Å². The summed E-state index contributed by atoms with van der Waals surface area (Å²) in [6, 6.07) is 4.19. The van der Waals surface area contributed by atoms with Gasteiger partial charge in [-0.15, -0.1) is 24.0 Å². The fourth-order valence-electron chi connectivity index (χ4n) is 3.09. The summed E-state index contributed by atoms with van der Waals surface area (Å²) >= 11 is 0. The molecule has 2 N–H and O–H groups in total. The topological polar surface area (TPSA) is 73.8 Å². The number of sulfone groups is 1. The maximum atomic E-state index is 13.6. The Bertz CT molecular complexity index is 735. The first-order valence-corrected chi connectivity index (χ1v) is 10.9. The van der Waals surface area contributed by atoms with E-state index >= 15 is 0 Å². The van der Waals surface area contributed by atoms with Gasteiger partial charge in [-0.3, -0.25) is 4.99 Å². The Morgan fingerprint density at radius 1 is 1.26 bits per heavy atom. The zero-order valence-electron chi connectivity index (χ0n) is 16.2. The molecule has 2 rings (SSSR count). The van der Waals surface area contributed by atoms with Gasteiger partial charge in [-0.25, -0.2) is 12.8 Å². The van der Waals surface area contributed by atoms with E-state index in [2.05, 4.69) is 27.6 Å². The zero-order chi connectivity index (χ0) is 19.2. The summed E-state index contributed by atoms with van der Waals surface area (Å²) in [5.74, 6) is 0.762. The van der Waals surface area contributed by atoms with Crippen LogP contribution in [-0.2, 0) is 22.1 Å². The number of halogens is 2. The van der Waals surface area contributed by atoms with Crippen molar-refractivity contribution in [2.75, 3.05) is 40.0 Å². The number of hydrogen-bond donors (Lipinski definition) is 2. The van der Waals surface area contributed by atoms with Crippen LogP contribution in [-0.4, -0.2) is 59.3 Å². The summed E-state index contributed by atoms with van der Waals surface area (Å²) in [5.41, 5.74) is 1.23. The molecule has 6 nitrogen and oxygen atoms in total. The molecule has 0 saturated carbocycles. The quantitative estimate of drug-likeness (QED) is 0.347. The Morgan fingerprint density at radius 2 is 1.93 bits per heavy atom. The van der Waals surface area contributed by atoms with E-state index in [1.165, 1.54) is 24.5 Å². The molecule has 154 valence electrons. The molecule has 0 atom stereocenters. The van der Waals surface area contributed by atoms with E-state index < -0.39 is 9.84 Å². The largest absolute Gasteiger partial charge is 0.356 e. The first-order chi connectivity index (χ1) is 12.3. The molecule has 0 bridgehead atoms. The molecule has 0 spiro atoms. The van der Waals surface area contributed by atoms with Crippen LogP contribution in [0.5, 0.6) is 0 Å². The van der Waals surface area contributed by atoms with E-state index in [4.69, 9.17) is 0 Å². The number of hydrogen-bond acceptors (Lipinski definition) is 4. The van der Waals surface area contributed by atoms with Crippen LogP contribution in [0.25, 0.3) is 0 Å². The Balaban J connectivity index is 0.00000364. The molecule has 1 aliphatic rings. The number of guanidine groups is 1. The van der Waals surface area contributed by atoms with E-state index in [1.54, 1.807) is 7.05 Å². The summed E-state index contributed by atoms with van der Waals surface area (Å²) in [6.07, 6.45) is 3.49. The number of aliphatic imine (C=N–C) groups is 1. The molecule has 9 heteroatoms. The number of nitrogens with one attached hydrogen (secondary N) is 2. The molecular formula is C18H30FIN4O2S. The van der Waals surface area contributed by atoms with Crippen LogP contribution in [0.4, 0.5) is 4.39 Å². The van der Waals surface area contributed by atoms with E-state index in [0.29, 0.717) is 29.5 Å². The maximum Gasteiger partial charge on any atom is 0.191 e. The second-order valence-electron chi connectivity index (χ2n) is 7.04. The van der Waals surface area contributed by atoms with Gasteiger partial charge in [0.05, 0.1) is 5.75 Å². The first kappa shape index (κ1) is 24.1. The molecule has 27 heavy (non-hydrogen) atoms. The van der Waals surface area contributed by atoms with Crippen molar-refractivity contribution in [3.63, 3.8) is 0 Å². The van der Waals surface area contributed by atoms with E-state index in [-0.39, 0.29) is 35.5 Å². The molecule has 1 saturated heterocycles. The normalized spacial score (nSPS) is 16.7. The van der Waals surface area contributed by atoms with E-state index in [0.717, 1.165) is 32.5 Å². The third-order valence-corrected chi connectivity index (χ3v) is 5.49. The molecule has 0 aromatic heterocycles. The highest BCUT2D eigenvalue weighted by atomic mass is 127. The van der Waals surface area contributed by atoms with Gasteiger partial charge >= 0.3 is 0 Å². The van der Waals surface area contributed by atoms with Crippen molar-refractivity contribution >= 4 is 39.8 Å². The smallest absolute Gasteiger partial charge is 0.191 e. The van der Waals surface area contributed by atoms with E-state index in [9.17, 15) is 12.8 Å². The number of benzene rings is 1. The van der Waals surface area contributed by atoms with Gasteiger partial charge in [-0.05, 0) is 62.2 Å². The number of nitrogens with zero attached hydrogens (tertiary/aromatic N) is 2. The standard InChI is InChI=1S/C18H29FN4O2S.HI/c1-20-18(21-11-14-6-8-23(2)9-7-14)22-12-16-10-17(19)5-4-15(16)13-26(3,24)25;/h4-5,10,14H,6-9,11-13H2,1-3H3,(H2,20,21,22);1H. The predicted octanol–water partition coefficient (Wildman–Crippen LogP) is 2.00. The highest BCUT2D eigenvalue weighted by Crippen LogP contribution is 2.15. The van der Waals surface area contributed by atoms with Crippen LogP contribution in [0.2, 0.25) is 0 Å². The highest BCUT2D eigenvalue weighted by Gasteiger charge is 2.17. The minimum Gasteiger partial charge on any atom is -0.356 e. The lowest BCUT2D eigenvalue weighted by Crippen LogP contribution is -2.42. The predicted molar refractivity (Wildman–Crippen MR) is 119 cm³/mol. The van der Waals surface area contributed by atoms with Crippen LogP contribution in [0.15, 0.2) is 23.2 Å². The molecule has 1 aromatic carbocycles. The molecule has 0 unspecified atom stereocenters. The van der Waals surface area contributed by atoms with Gasteiger partial charge in [0.1, 0.15) is 5.82 Å². The van der Waals surface area contributed by atoms with Crippen molar-refractivity contribution in [3.8, 4) is 0 Å². The van der Waals surface area contributed by atoms with Crippen LogP contribution in [0, 0.1) is 11.7 Å². The molecule has 1 aromatic rings. The summed E-state index contributed by atoms with van der Waals surface area (Å²) in [5, 5.41) is 6.47. The third-order valence-electron chi connectivity index (χ3n) is 4.65. The Morgan fingerprint density at radius 3 is 2.52 bits per heavy atom. The summed E-state index contributed by atoms with van der Waals surface area (Å²) in [7, 11) is 0.638. The third kappa shape index (κ3) is 8.73. The second kappa shape index (κ2) is 11.2. The van der Waals surface area contributed by atoms with Gasteiger partial charge in [-0.2, -0.15) is 0 Å². The van der Waals surface area contributed by atoms with Gasteiger partial charge in [0, 0.05) is 26.4 Å². The number of rotatable bonds is 6. The lowest BCUT2D eigenvalue weighted by molar-refractivity contribution is 0.220. The minimum atomic E-state index is -3.19. The lowest BCUT2D eigenvalue weighted by Gasteiger charge is -2.29. The van der Waals surface area contributed by atoms with Crippen molar-refractivity contribution in [1.82, 2.24) is 15.5 Å². The number of likely N-dealkylation sites (tertiary alicyclic amines) is 1. The fraction of sp³-hybridized carbons (Fsp3) is 0.611. The fourth-order valence-corrected chi connectivity index (χ4v) is 3.94. The van der Waals surface area contributed by atoms with Gasteiger partial charge in [0.15, 0.2) is 15.8 Å². The van der Waals surface area contributed by atoms with Crippen molar-refractivity contribution in [1.29, 1.82) is 0 Å². The van der Waals surface area contributed by atoms with Gasteiger partial charge in [0.2, 0.25) is 0 Å². The summed E-state index contributed by atoms with van der Waals surface area (Å²) < 4.78 is 36.7. The average molecular weight is 512 g/mol. The molecule has 0 aliphatic carbocycles. The van der Waals surface area contributed by atoms with Gasteiger partial charge in [0.25, 0.3) is 0 Å². The molecule has 1 aliphatic heterocycles. The van der Waals surface area contributed by atoms with Crippen molar-refractivity contribution in [2.24, 2.45) is 10.9 Å². The highest BCUT2D eigenvalue weighted by molar-refractivity contribution is 14.0. The first-order valence-electron chi connectivity index (χ1n) is 8.85. The molecular weight excluding hydrogens is 482 g/mol. The minimum absolute atomic E-state index is 0. The Kier molecular flexibility index (Phi) is 9.96. The van der Waals surface area contributed by atoms with Gasteiger partial charge in [-0.1, -0.05) is 6.07 Å². The molecule has 0 amide bonds. The average Bonchev–Trinajstić information content (AvgIpc) is 2.57. The van der Waals surface area contributed by atoms with E-state index in [1.807, 2.05) is 0 Å². The molecule has 1 fully saturated rings.